The molecule has 0 amide bonds. The van der Waals surface area contributed by atoms with Crippen LogP contribution < -0.4 is 5.32 Å². The van der Waals surface area contributed by atoms with Crippen molar-refractivity contribution in [3.8, 4) is 0 Å². The molecule has 1 saturated carbocycles. The van der Waals surface area contributed by atoms with Crippen LogP contribution in [0, 0.1) is 11.3 Å². The van der Waals surface area contributed by atoms with E-state index in [0.29, 0.717) is 11.5 Å². The maximum absolute atomic E-state index is 5.99. The van der Waals surface area contributed by atoms with Crippen molar-refractivity contribution in [3.05, 3.63) is 0 Å². The van der Waals surface area contributed by atoms with Crippen molar-refractivity contribution in [3.63, 3.8) is 0 Å². The second kappa shape index (κ2) is 11.1. The molecule has 5 heteroatoms. The van der Waals surface area contributed by atoms with Crippen molar-refractivity contribution in [2.75, 3.05) is 46.5 Å². The Morgan fingerprint density at radius 2 is 1.81 bits per heavy atom. The zero-order valence-electron chi connectivity index (χ0n) is 17.6. The molecule has 1 heterocycles. The number of hydrogen-bond acceptors (Lipinski definition) is 3. The minimum absolute atomic E-state index is 0.306. The molecule has 1 aliphatic carbocycles. The summed E-state index contributed by atoms with van der Waals surface area (Å²) in [4.78, 5) is 7.46. The van der Waals surface area contributed by atoms with Crippen LogP contribution in [0.1, 0.15) is 65.7 Å². The monoisotopic (exact) mass is 367 g/mol. The fraction of sp³-hybridized carbons (Fsp3) is 0.952. The lowest BCUT2D eigenvalue weighted by atomic mass is 9.78. The van der Waals surface area contributed by atoms with Gasteiger partial charge in [-0.15, -0.1) is 0 Å². The molecule has 2 aliphatic rings. The van der Waals surface area contributed by atoms with E-state index >= 15 is 0 Å². The zero-order chi connectivity index (χ0) is 18.8. The highest BCUT2D eigenvalue weighted by Crippen LogP contribution is 2.39. The minimum atomic E-state index is 0.306. The summed E-state index contributed by atoms with van der Waals surface area (Å²) in [5, 5.41) is 3.51. The summed E-state index contributed by atoms with van der Waals surface area (Å²) in [7, 11) is 1.74. The van der Waals surface area contributed by atoms with Crippen LogP contribution in [0.5, 0.6) is 0 Å². The summed E-state index contributed by atoms with van der Waals surface area (Å²) in [6.45, 7) is 12.5. The summed E-state index contributed by atoms with van der Waals surface area (Å²) in [5.74, 6) is 1.93. The Labute approximate surface area is 160 Å². The van der Waals surface area contributed by atoms with Crippen molar-refractivity contribution < 1.29 is 9.47 Å². The van der Waals surface area contributed by atoms with Crippen LogP contribution in [0.15, 0.2) is 4.99 Å². The number of methoxy groups -OCH3 is 1. The predicted octanol–water partition coefficient (Wildman–Crippen LogP) is 3.69. The van der Waals surface area contributed by atoms with E-state index in [-0.39, 0.29) is 0 Å². The van der Waals surface area contributed by atoms with Gasteiger partial charge in [0.2, 0.25) is 0 Å². The van der Waals surface area contributed by atoms with E-state index in [4.69, 9.17) is 14.5 Å². The zero-order valence-corrected chi connectivity index (χ0v) is 17.6. The van der Waals surface area contributed by atoms with E-state index in [0.717, 1.165) is 70.5 Å². The quantitative estimate of drug-likeness (QED) is 0.384. The third-order valence-electron chi connectivity index (χ3n) is 6.02. The van der Waals surface area contributed by atoms with E-state index in [1.165, 1.54) is 25.7 Å². The first kappa shape index (κ1) is 21.5. The number of guanidine groups is 1. The normalized spacial score (nSPS) is 20.8. The van der Waals surface area contributed by atoms with Crippen molar-refractivity contribution in [2.45, 2.75) is 71.8 Å². The third kappa shape index (κ3) is 6.73. The number of aliphatic imine (C=N–C) groups is 1. The standard InChI is InChI=1S/C21H41N3O2/c1-5-22-20(23-17-21(2,3)18-9-6-7-10-18)24-13-11-19(12-14-24)26-16-8-15-25-4/h18-19H,5-17H2,1-4H3,(H,22,23). The highest BCUT2D eigenvalue weighted by molar-refractivity contribution is 5.80. The average molecular weight is 368 g/mol. The van der Waals surface area contributed by atoms with Gasteiger partial charge in [0.1, 0.15) is 0 Å². The molecular weight excluding hydrogens is 326 g/mol. The molecule has 0 aromatic heterocycles. The fourth-order valence-corrected chi connectivity index (χ4v) is 4.23. The Morgan fingerprint density at radius 1 is 1.12 bits per heavy atom. The summed E-state index contributed by atoms with van der Waals surface area (Å²) in [5.41, 5.74) is 0.306. The predicted molar refractivity (Wildman–Crippen MR) is 109 cm³/mol. The number of likely N-dealkylation sites (tertiary alicyclic amines) is 1. The number of hydrogen-bond donors (Lipinski definition) is 1. The van der Waals surface area contributed by atoms with E-state index in [1.54, 1.807) is 7.11 Å². The minimum Gasteiger partial charge on any atom is -0.385 e. The van der Waals surface area contributed by atoms with Gasteiger partial charge in [-0.2, -0.15) is 0 Å². The van der Waals surface area contributed by atoms with Crippen LogP contribution in [0.25, 0.3) is 0 Å². The van der Waals surface area contributed by atoms with Gasteiger partial charge >= 0.3 is 0 Å². The lowest BCUT2D eigenvalue weighted by Gasteiger charge is -2.35. The van der Waals surface area contributed by atoms with Gasteiger partial charge in [0.05, 0.1) is 6.10 Å². The van der Waals surface area contributed by atoms with E-state index < -0.39 is 0 Å². The van der Waals surface area contributed by atoms with Gasteiger partial charge in [-0.1, -0.05) is 26.7 Å². The summed E-state index contributed by atoms with van der Waals surface area (Å²) in [6, 6.07) is 0. The molecule has 5 nitrogen and oxygen atoms in total. The maximum atomic E-state index is 5.99. The average Bonchev–Trinajstić information content (AvgIpc) is 3.19. The Kier molecular flexibility index (Phi) is 9.20. The molecule has 0 spiro atoms. The SMILES string of the molecule is CCNC(=NCC(C)(C)C1CCCC1)N1CCC(OCCCOC)CC1. The lowest BCUT2D eigenvalue weighted by Crippen LogP contribution is -2.47. The van der Waals surface area contributed by atoms with Gasteiger partial charge in [-0.25, -0.2) is 0 Å². The van der Waals surface area contributed by atoms with Crippen LogP contribution >= 0.6 is 0 Å². The van der Waals surface area contributed by atoms with Crippen LogP contribution in [0.2, 0.25) is 0 Å². The molecule has 152 valence electrons. The number of nitrogens with one attached hydrogen (secondary N) is 1. The van der Waals surface area contributed by atoms with Crippen molar-refractivity contribution in [1.82, 2.24) is 10.2 Å². The molecule has 2 fully saturated rings. The van der Waals surface area contributed by atoms with Crippen molar-refractivity contribution >= 4 is 5.96 Å². The second-order valence-corrected chi connectivity index (χ2v) is 8.54. The van der Waals surface area contributed by atoms with Gasteiger partial charge in [0.25, 0.3) is 0 Å². The van der Waals surface area contributed by atoms with E-state index in [9.17, 15) is 0 Å². The number of nitrogens with zero attached hydrogens (tertiary/aromatic N) is 2. The molecular formula is C21H41N3O2. The Balaban J connectivity index is 1.81. The van der Waals surface area contributed by atoms with E-state index in [2.05, 4.69) is 31.0 Å². The number of ether oxygens (including phenoxy) is 2. The Morgan fingerprint density at radius 3 is 2.42 bits per heavy atom. The van der Waals surface area contributed by atoms with Crippen LogP contribution in [0.3, 0.4) is 0 Å². The van der Waals surface area contributed by atoms with Gasteiger partial charge in [-0.3, -0.25) is 4.99 Å². The van der Waals surface area contributed by atoms with Gasteiger partial charge in [-0.05, 0) is 50.4 Å². The summed E-state index contributed by atoms with van der Waals surface area (Å²) >= 11 is 0. The molecule has 1 saturated heterocycles. The largest absolute Gasteiger partial charge is 0.385 e. The first-order chi connectivity index (χ1) is 12.6. The first-order valence-corrected chi connectivity index (χ1v) is 10.7. The second-order valence-electron chi connectivity index (χ2n) is 8.54. The molecule has 0 unspecified atom stereocenters. The molecule has 26 heavy (non-hydrogen) atoms. The topological polar surface area (TPSA) is 46.1 Å². The highest BCUT2D eigenvalue weighted by atomic mass is 16.5. The van der Waals surface area contributed by atoms with Crippen molar-refractivity contribution in [1.29, 1.82) is 0 Å². The first-order valence-electron chi connectivity index (χ1n) is 10.7. The van der Waals surface area contributed by atoms with Crippen LogP contribution in [-0.2, 0) is 9.47 Å². The maximum Gasteiger partial charge on any atom is 0.193 e. The molecule has 0 radical (unpaired) electrons. The summed E-state index contributed by atoms with van der Waals surface area (Å²) in [6.07, 6.45) is 9.10. The Bertz CT molecular complexity index is 411. The molecule has 2 rings (SSSR count). The van der Waals surface area contributed by atoms with Gasteiger partial charge < -0.3 is 19.7 Å². The fourth-order valence-electron chi connectivity index (χ4n) is 4.23. The number of rotatable bonds is 9. The Hall–Kier alpha value is -0.810. The third-order valence-corrected chi connectivity index (χ3v) is 6.02. The van der Waals surface area contributed by atoms with Crippen LogP contribution in [-0.4, -0.2) is 63.5 Å². The molecule has 0 bridgehead atoms. The molecule has 0 aromatic carbocycles. The van der Waals surface area contributed by atoms with Crippen molar-refractivity contribution in [2.24, 2.45) is 16.3 Å². The van der Waals surface area contributed by atoms with E-state index in [1.807, 2.05) is 0 Å². The molecule has 0 aromatic rings. The molecule has 1 aliphatic heterocycles. The molecule has 0 atom stereocenters. The van der Waals surface area contributed by atoms with Gasteiger partial charge in [0, 0.05) is 46.5 Å². The van der Waals surface area contributed by atoms with Crippen LogP contribution in [0.4, 0.5) is 0 Å². The van der Waals surface area contributed by atoms with Gasteiger partial charge in [0.15, 0.2) is 5.96 Å². The molecule has 1 N–H and O–H groups in total. The number of piperidine rings is 1. The smallest absolute Gasteiger partial charge is 0.193 e. The summed E-state index contributed by atoms with van der Waals surface area (Å²) < 4.78 is 11.1. The highest BCUT2D eigenvalue weighted by Gasteiger charge is 2.32. The lowest BCUT2D eigenvalue weighted by molar-refractivity contribution is 0.00986.